The zero-order chi connectivity index (χ0) is 28.2. The second kappa shape index (κ2) is 9.43. The van der Waals surface area contributed by atoms with Gasteiger partial charge in [0.05, 0.1) is 0 Å². The van der Waals surface area contributed by atoms with Crippen LogP contribution in [0.25, 0.3) is 0 Å². The number of aryl methyl sites for hydroxylation is 5. The summed E-state index contributed by atoms with van der Waals surface area (Å²) in [4.78, 5) is 0. The van der Waals surface area contributed by atoms with Crippen molar-refractivity contribution in [2.75, 3.05) is 0 Å². The highest BCUT2D eigenvalue weighted by atomic mass is 16.3. The molecule has 0 atom stereocenters. The minimum atomic E-state index is -0.553. The number of phenolic OH excluding ortho intramolecular Hbond substituents is 4. The van der Waals surface area contributed by atoms with E-state index in [1.54, 1.807) is 13.0 Å². The van der Waals surface area contributed by atoms with Crippen molar-refractivity contribution < 1.29 is 20.4 Å². The molecule has 0 aliphatic rings. The van der Waals surface area contributed by atoms with Crippen LogP contribution in [0.5, 0.6) is 23.0 Å². The second-order valence-electron chi connectivity index (χ2n) is 11.4. The Labute approximate surface area is 225 Å². The molecule has 38 heavy (non-hydrogen) atoms. The van der Waals surface area contributed by atoms with Crippen LogP contribution in [-0.4, -0.2) is 20.4 Å². The van der Waals surface area contributed by atoms with Crippen LogP contribution in [-0.2, 0) is 10.8 Å². The predicted octanol–water partition coefficient (Wildman–Crippen LogP) is 7.73. The summed E-state index contributed by atoms with van der Waals surface area (Å²) in [5, 5.41) is 41.2. The van der Waals surface area contributed by atoms with Crippen LogP contribution < -0.4 is 0 Å². The van der Waals surface area contributed by atoms with Crippen LogP contribution in [0.3, 0.4) is 0 Å². The van der Waals surface area contributed by atoms with Crippen molar-refractivity contribution in [1.82, 2.24) is 0 Å². The molecule has 4 nitrogen and oxygen atoms in total. The maximum atomic E-state index is 10.5. The summed E-state index contributed by atoms with van der Waals surface area (Å²) in [6, 6.07) is 20.2. The number of hydrogen-bond donors (Lipinski definition) is 4. The van der Waals surface area contributed by atoms with Gasteiger partial charge in [-0.1, -0.05) is 68.4 Å². The highest BCUT2D eigenvalue weighted by Crippen LogP contribution is 2.44. The average Bonchev–Trinajstić information content (AvgIpc) is 2.87. The lowest BCUT2D eigenvalue weighted by molar-refractivity contribution is 0.399. The Morgan fingerprint density at radius 1 is 0.421 bits per heavy atom. The molecule has 0 unspecified atom stereocenters. The molecule has 0 aliphatic carbocycles. The fraction of sp³-hybridized carbons (Fsp3) is 0.294. The average molecular weight is 511 g/mol. The SMILES string of the molecule is Cc1cc(C(C)(c2ccc(C(C)(C)c3cc(C)c(O)c(O)c3)cc2)c2cc(C)c(O)c(C)c2)cc(C)c1O. The zero-order valence-corrected chi connectivity index (χ0v) is 23.6. The van der Waals surface area contributed by atoms with E-state index < -0.39 is 10.8 Å². The van der Waals surface area contributed by atoms with Gasteiger partial charge in [-0.15, -0.1) is 0 Å². The third-order valence-corrected chi connectivity index (χ3v) is 8.32. The van der Waals surface area contributed by atoms with E-state index in [0.717, 1.165) is 50.1 Å². The van der Waals surface area contributed by atoms with Crippen LogP contribution in [0.1, 0.15) is 76.4 Å². The van der Waals surface area contributed by atoms with Gasteiger partial charge in [0, 0.05) is 10.8 Å². The largest absolute Gasteiger partial charge is 0.507 e. The number of phenols is 4. The van der Waals surface area contributed by atoms with Crippen LogP contribution in [0, 0.1) is 34.6 Å². The Morgan fingerprint density at radius 3 is 1.16 bits per heavy atom. The van der Waals surface area contributed by atoms with E-state index in [0.29, 0.717) is 17.1 Å². The summed E-state index contributed by atoms with van der Waals surface area (Å²) in [6.07, 6.45) is 0. The molecule has 0 amide bonds. The predicted molar refractivity (Wildman–Crippen MR) is 154 cm³/mol. The van der Waals surface area contributed by atoms with Crippen LogP contribution in [0.2, 0.25) is 0 Å². The van der Waals surface area contributed by atoms with E-state index in [1.807, 2.05) is 58.0 Å². The van der Waals surface area contributed by atoms with Crippen molar-refractivity contribution in [1.29, 1.82) is 0 Å². The van der Waals surface area contributed by atoms with Crippen molar-refractivity contribution in [2.24, 2.45) is 0 Å². The summed E-state index contributed by atoms with van der Waals surface area (Å²) in [5.74, 6) is 0.403. The Bertz CT molecular complexity index is 1400. The van der Waals surface area contributed by atoms with Crippen molar-refractivity contribution in [2.45, 2.75) is 66.2 Å². The summed E-state index contributed by atoms with van der Waals surface area (Å²) in [5.41, 5.74) is 8.12. The Kier molecular flexibility index (Phi) is 6.73. The second-order valence-corrected chi connectivity index (χ2v) is 11.4. The van der Waals surface area contributed by atoms with Gasteiger partial charge in [-0.3, -0.25) is 0 Å². The Balaban J connectivity index is 1.90. The van der Waals surface area contributed by atoms with Gasteiger partial charge in [-0.25, -0.2) is 0 Å². The molecule has 4 aromatic rings. The summed E-state index contributed by atoms with van der Waals surface area (Å²) in [7, 11) is 0. The van der Waals surface area contributed by atoms with E-state index in [1.165, 1.54) is 0 Å². The normalized spacial score (nSPS) is 12.1. The van der Waals surface area contributed by atoms with E-state index in [-0.39, 0.29) is 11.5 Å². The number of benzene rings is 4. The molecule has 4 aromatic carbocycles. The molecule has 0 radical (unpaired) electrons. The fourth-order valence-corrected chi connectivity index (χ4v) is 5.50. The molecule has 198 valence electrons. The number of hydrogen-bond acceptors (Lipinski definition) is 4. The minimum Gasteiger partial charge on any atom is -0.507 e. The van der Waals surface area contributed by atoms with Crippen LogP contribution in [0.15, 0.2) is 60.7 Å². The lowest BCUT2D eigenvalue weighted by atomic mass is 9.69. The van der Waals surface area contributed by atoms with Crippen LogP contribution in [0.4, 0.5) is 0 Å². The summed E-state index contributed by atoms with van der Waals surface area (Å²) < 4.78 is 0. The molecular weight excluding hydrogens is 472 g/mol. The zero-order valence-electron chi connectivity index (χ0n) is 23.6. The summed E-state index contributed by atoms with van der Waals surface area (Å²) >= 11 is 0. The van der Waals surface area contributed by atoms with Crippen molar-refractivity contribution in [3.8, 4) is 23.0 Å². The van der Waals surface area contributed by atoms with Gasteiger partial charge in [-0.05, 0) is 103 Å². The molecule has 0 spiro atoms. The first kappa shape index (κ1) is 27.1. The van der Waals surface area contributed by atoms with Crippen LogP contribution >= 0.6 is 0 Å². The van der Waals surface area contributed by atoms with Gasteiger partial charge in [0.2, 0.25) is 0 Å². The van der Waals surface area contributed by atoms with E-state index in [4.69, 9.17) is 0 Å². The van der Waals surface area contributed by atoms with Crippen molar-refractivity contribution >= 4 is 0 Å². The Morgan fingerprint density at radius 2 is 0.763 bits per heavy atom. The van der Waals surface area contributed by atoms with Gasteiger partial charge < -0.3 is 20.4 Å². The van der Waals surface area contributed by atoms with Crippen molar-refractivity contribution in [3.05, 3.63) is 116 Å². The maximum absolute atomic E-state index is 10.5. The quantitative estimate of drug-likeness (QED) is 0.164. The molecule has 0 saturated heterocycles. The smallest absolute Gasteiger partial charge is 0.160 e. The molecule has 0 bridgehead atoms. The molecule has 4 heteroatoms. The van der Waals surface area contributed by atoms with Gasteiger partial charge in [-0.2, -0.15) is 0 Å². The van der Waals surface area contributed by atoms with Gasteiger partial charge in [0.15, 0.2) is 11.5 Å². The minimum absolute atomic E-state index is 0.0883. The molecule has 4 N–H and O–H groups in total. The standard InChI is InChI=1S/C34H38O4/c1-19-14-27(15-20(2)30(19)36)34(8,28-16-21(3)31(37)22(4)17-28)25-11-9-24(10-12-25)33(6,7)26-13-23(5)32(38)29(35)18-26/h9-18,35-38H,1-8H3. The molecule has 0 fully saturated rings. The molecular formula is C34H38O4. The highest BCUT2D eigenvalue weighted by molar-refractivity contribution is 5.58. The highest BCUT2D eigenvalue weighted by Gasteiger charge is 2.34. The van der Waals surface area contributed by atoms with Gasteiger partial charge in [0.1, 0.15) is 11.5 Å². The molecule has 0 saturated carbocycles. The van der Waals surface area contributed by atoms with E-state index >= 15 is 0 Å². The first-order valence-electron chi connectivity index (χ1n) is 12.9. The summed E-state index contributed by atoms with van der Waals surface area (Å²) in [6.45, 7) is 15.8. The number of aromatic hydroxyl groups is 4. The monoisotopic (exact) mass is 510 g/mol. The lowest BCUT2D eigenvalue weighted by Gasteiger charge is -2.34. The third kappa shape index (κ3) is 4.38. The molecule has 0 heterocycles. The maximum Gasteiger partial charge on any atom is 0.160 e. The molecule has 4 rings (SSSR count). The third-order valence-electron chi connectivity index (χ3n) is 8.32. The van der Waals surface area contributed by atoms with E-state index in [2.05, 4.69) is 45.0 Å². The molecule has 0 aliphatic heterocycles. The molecule has 0 aromatic heterocycles. The topological polar surface area (TPSA) is 80.9 Å². The van der Waals surface area contributed by atoms with Crippen molar-refractivity contribution in [3.63, 3.8) is 0 Å². The van der Waals surface area contributed by atoms with Gasteiger partial charge in [0.25, 0.3) is 0 Å². The Hall–Kier alpha value is -3.92. The van der Waals surface area contributed by atoms with E-state index in [9.17, 15) is 20.4 Å². The van der Waals surface area contributed by atoms with Gasteiger partial charge >= 0.3 is 0 Å². The fourth-order valence-electron chi connectivity index (χ4n) is 5.50. The first-order valence-corrected chi connectivity index (χ1v) is 12.9. The number of rotatable bonds is 5. The lowest BCUT2D eigenvalue weighted by Crippen LogP contribution is -2.27. The first-order chi connectivity index (χ1) is 17.7.